The van der Waals surface area contributed by atoms with Crippen LogP contribution in [-0.2, 0) is 14.3 Å². The van der Waals surface area contributed by atoms with Crippen LogP contribution in [0.15, 0.2) is 42.5 Å². The van der Waals surface area contributed by atoms with Gasteiger partial charge in [-0.05, 0) is 83.4 Å². The number of hydrogen-bond donors (Lipinski definition) is 2. The van der Waals surface area contributed by atoms with Crippen molar-refractivity contribution >= 4 is 35.2 Å². The van der Waals surface area contributed by atoms with Gasteiger partial charge in [-0.1, -0.05) is 81.3 Å². The average molecular weight is 586 g/mol. The van der Waals surface area contributed by atoms with Gasteiger partial charge in [0, 0.05) is 6.04 Å². The maximum absolute atomic E-state index is 14.5. The third kappa shape index (κ3) is 10.1. The lowest BCUT2D eigenvalue weighted by Gasteiger charge is -2.39. The van der Waals surface area contributed by atoms with Gasteiger partial charge >= 0.3 is 6.09 Å². The second-order valence-corrected chi connectivity index (χ2v) is 13.1. The predicted octanol–water partition coefficient (Wildman–Crippen LogP) is 7.84. The van der Waals surface area contributed by atoms with Crippen LogP contribution in [0.4, 0.5) is 10.5 Å². The van der Waals surface area contributed by atoms with Crippen LogP contribution in [-0.4, -0.2) is 40.5 Å². The number of anilines is 1. The van der Waals surface area contributed by atoms with Gasteiger partial charge in [0.05, 0.1) is 10.7 Å². The summed E-state index contributed by atoms with van der Waals surface area (Å²) in [7, 11) is 0. The largest absolute Gasteiger partial charge is 0.444 e. The van der Waals surface area contributed by atoms with E-state index in [9.17, 15) is 14.4 Å². The molecule has 0 bridgehead atoms. The van der Waals surface area contributed by atoms with Crippen LogP contribution in [0, 0.1) is 25.7 Å². The first kappa shape index (κ1) is 34.1. The van der Waals surface area contributed by atoms with Crippen molar-refractivity contribution in [2.45, 2.75) is 106 Å². The molecule has 8 heteroatoms. The van der Waals surface area contributed by atoms with E-state index in [1.807, 2.05) is 71.0 Å². The summed E-state index contributed by atoms with van der Waals surface area (Å²) in [4.78, 5) is 43.2. The smallest absolute Gasteiger partial charge is 0.408 e. The van der Waals surface area contributed by atoms with Gasteiger partial charge in [-0.3, -0.25) is 9.59 Å². The molecule has 7 nitrogen and oxygen atoms in total. The van der Waals surface area contributed by atoms with Crippen LogP contribution >= 0.6 is 11.6 Å². The van der Waals surface area contributed by atoms with Crippen molar-refractivity contribution < 1.29 is 19.1 Å². The molecule has 3 atom stereocenters. The fourth-order valence-corrected chi connectivity index (χ4v) is 4.95. The fourth-order valence-electron chi connectivity index (χ4n) is 4.68. The maximum Gasteiger partial charge on any atom is 0.408 e. The van der Waals surface area contributed by atoms with Crippen LogP contribution in [0.2, 0.25) is 5.02 Å². The van der Waals surface area contributed by atoms with Gasteiger partial charge < -0.3 is 20.3 Å². The summed E-state index contributed by atoms with van der Waals surface area (Å²) in [5.41, 5.74) is 2.23. The molecule has 0 aromatic heterocycles. The number of para-hydroxylation sites is 1. The Bertz CT molecular complexity index is 1180. The van der Waals surface area contributed by atoms with Gasteiger partial charge in [-0.15, -0.1) is 0 Å². The molecule has 0 spiro atoms. The fraction of sp³-hybridized carbons (Fsp3) is 0.545. The molecule has 0 saturated carbocycles. The number of amides is 3. The monoisotopic (exact) mass is 585 g/mol. The average Bonchev–Trinajstić information content (AvgIpc) is 2.84. The van der Waals surface area contributed by atoms with Gasteiger partial charge in [0.15, 0.2) is 0 Å². The van der Waals surface area contributed by atoms with E-state index in [0.29, 0.717) is 28.6 Å². The zero-order valence-electron chi connectivity index (χ0n) is 26.3. The van der Waals surface area contributed by atoms with Crippen LogP contribution < -0.4 is 10.6 Å². The van der Waals surface area contributed by atoms with Crippen molar-refractivity contribution in [3.63, 3.8) is 0 Å². The minimum Gasteiger partial charge on any atom is -0.444 e. The molecule has 3 amide bonds. The molecule has 0 heterocycles. The summed E-state index contributed by atoms with van der Waals surface area (Å²) in [5, 5.41) is 6.22. The highest BCUT2D eigenvalue weighted by atomic mass is 35.5. The summed E-state index contributed by atoms with van der Waals surface area (Å²) >= 11 is 6.48. The summed E-state index contributed by atoms with van der Waals surface area (Å²) in [6.45, 7) is 19.1. The van der Waals surface area contributed by atoms with Crippen molar-refractivity contribution in [2.24, 2.45) is 11.8 Å². The number of ether oxygens (including phenoxy) is 1. The molecule has 0 fully saturated rings. The van der Waals surface area contributed by atoms with Gasteiger partial charge in [0.25, 0.3) is 5.91 Å². The van der Waals surface area contributed by atoms with E-state index in [-0.39, 0.29) is 23.8 Å². The second-order valence-electron chi connectivity index (χ2n) is 12.7. The molecule has 0 saturated heterocycles. The molecule has 0 aliphatic carbocycles. The Hall–Kier alpha value is -3.06. The lowest BCUT2D eigenvalue weighted by molar-refractivity contribution is -0.144. The van der Waals surface area contributed by atoms with Gasteiger partial charge in [0.2, 0.25) is 5.91 Å². The van der Waals surface area contributed by atoms with E-state index in [0.717, 1.165) is 17.5 Å². The number of alkyl carbamates (subject to hydrolysis) is 1. The SMILES string of the molecule is Cc1cccc(C(C(=O)Nc2c(C)cccc2Cl)N(C(=O)C(NC(=O)OC(C)(C)C)C(C)C)C(C)CCC(C)C)c1. The van der Waals surface area contributed by atoms with E-state index in [1.165, 1.54) is 0 Å². The molecule has 41 heavy (non-hydrogen) atoms. The first-order valence-electron chi connectivity index (χ1n) is 14.5. The van der Waals surface area contributed by atoms with Crippen LogP contribution in [0.1, 0.15) is 91.0 Å². The first-order chi connectivity index (χ1) is 19.0. The third-order valence-corrected chi connectivity index (χ3v) is 7.17. The zero-order valence-corrected chi connectivity index (χ0v) is 27.1. The molecule has 226 valence electrons. The zero-order chi connectivity index (χ0) is 31.1. The number of aryl methyl sites for hydroxylation is 2. The molecule has 2 aromatic rings. The van der Waals surface area contributed by atoms with Crippen molar-refractivity contribution in [3.05, 3.63) is 64.2 Å². The predicted molar refractivity (Wildman–Crippen MR) is 167 cm³/mol. The van der Waals surface area contributed by atoms with Crippen molar-refractivity contribution in [1.29, 1.82) is 0 Å². The number of benzene rings is 2. The van der Waals surface area contributed by atoms with Crippen molar-refractivity contribution in [2.75, 3.05) is 5.32 Å². The Kier molecular flexibility index (Phi) is 12.3. The van der Waals surface area contributed by atoms with Crippen LogP contribution in [0.5, 0.6) is 0 Å². The highest BCUT2D eigenvalue weighted by Gasteiger charge is 2.40. The topological polar surface area (TPSA) is 87.7 Å². The van der Waals surface area contributed by atoms with Crippen LogP contribution in [0.25, 0.3) is 0 Å². The maximum atomic E-state index is 14.5. The number of nitrogens with one attached hydrogen (secondary N) is 2. The molecule has 2 aromatic carbocycles. The third-order valence-electron chi connectivity index (χ3n) is 6.85. The Balaban J connectivity index is 2.66. The number of carbonyl (C=O) groups excluding carboxylic acids is 3. The minimum atomic E-state index is -0.970. The van der Waals surface area contributed by atoms with E-state index < -0.39 is 23.8 Å². The van der Waals surface area contributed by atoms with E-state index in [4.69, 9.17) is 16.3 Å². The summed E-state index contributed by atoms with van der Waals surface area (Å²) in [6, 6.07) is 10.8. The Morgan fingerprint density at radius 2 is 1.59 bits per heavy atom. The molecule has 3 unspecified atom stereocenters. The van der Waals surface area contributed by atoms with E-state index >= 15 is 0 Å². The molecule has 2 N–H and O–H groups in total. The molecule has 0 radical (unpaired) electrons. The standard InChI is InChI=1S/C33H48ClN3O4/c1-20(2)17-18-24(7)37(31(39)27(21(3)4)36-32(40)41-33(8,9)10)29(25-15-11-13-22(5)19-25)30(38)35-28-23(6)14-12-16-26(28)34/h11-16,19-21,24,27,29H,17-18H2,1-10H3,(H,35,38)(H,36,40). The van der Waals surface area contributed by atoms with E-state index in [1.54, 1.807) is 31.7 Å². The molecular weight excluding hydrogens is 538 g/mol. The lowest BCUT2D eigenvalue weighted by Crippen LogP contribution is -2.56. The quantitative estimate of drug-likeness (QED) is 0.281. The summed E-state index contributed by atoms with van der Waals surface area (Å²) < 4.78 is 5.49. The number of halogens is 1. The second kappa shape index (κ2) is 14.7. The van der Waals surface area contributed by atoms with E-state index in [2.05, 4.69) is 24.5 Å². The van der Waals surface area contributed by atoms with Gasteiger partial charge in [-0.25, -0.2) is 4.79 Å². The van der Waals surface area contributed by atoms with Crippen molar-refractivity contribution in [3.8, 4) is 0 Å². The highest BCUT2D eigenvalue weighted by Crippen LogP contribution is 2.32. The molecule has 0 aliphatic rings. The Morgan fingerprint density at radius 1 is 0.951 bits per heavy atom. The summed E-state index contributed by atoms with van der Waals surface area (Å²) in [6.07, 6.45) is 0.867. The number of nitrogens with zero attached hydrogens (tertiary/aromatic N) is 1. The minimum absolute atomic E-state index is 0.262. The number of carbonyl (C=O) groups is 3. The van der Waals surface area contributed by atoms with Crippen molar-refractivity contribution in [1.82, 2.24) is 10.2 Å². The van der Waals surface area contributed by atoms with Gasteiger partial charge in [0.1, 0.15) is 17.7 Å². The Labute approximate surface area is 251 Å². The molecular formula is C33H48ClN3O4. The Morgan fingerprint density at radius 3 is 2.12 bits per heavy atom. The normalized spacial score (nSPS) is 13.9. The highest BCUT2D eigenvalue weighted by molar-refractivity contribution is 6.34. The van der Waals surface area contributed by atoms with Gasteiger partial charge in [-0.2, -0.15) is 0 Å². The first-order valence-corrected chi connectivity index (χ1v) is 14.8. The molecule has 0 aliphatic heterocycles. The number of hydrogen-bond acceptors (Lipinski definition) is 4. The lowest BCUT2D eigenvalue weighted by atomic mass is 9.94. The number of rotatable bonds is 11. The molecule has 2 rings (SSSR count). The summed E-state index contributed by atoms with van der Waals surface area (Å²) in [5.74, 6) is -0.579. The van der Waals surface area contributed by atoms with Crippen LogP contribution in [0.3, 0.4) is 0 Å².